The normalized spacial score (nSPS) is 12.4. The second kappa shape index (κ2) is 7.42. The third kappa shape index (κ3) is 4.71. The molecule has 0 radical (unpaired) electrons. The van der Waals surface area contributed by atoms with Crippen LogP contribution in [0.5, 0.6) is 0 Å². The first-order valence-corrected chi connectivity index (χ1v) is 7.95. The molecule has 0 spiro atoms. The Morgan fingerprint density at radius 3 is 2.24 bits per heavy atom. The van der Waals surface area contributed by atoms with Gasteiger partial charge in [-0.2, -0.15) is 0 Å². The van der Waals surface area contributed by atoms with Crippen molar-refractivity contribution in [2.45, 2.75) is 46.6 Å². The summed E-state index contributed by atoms with van der Waals surface area (Å²) in [7, 11) is 0. The molecule has 0 saturated heterocycles. The predicted octanol–water partition coefficient (Wildman–Crippen LogP) is 4.90. The molecular formula is C20H27N. The molecule has 1 nitrogen and oxygen atoms in total. The van der Waals surface area contributed by atoms with Gasteiger partial charge in [0.15, 0.2) is 0 Å². The molecule has 2 aromatic carbocycles. The summed E-state index contributed by atoms with van der Waals surface area (Å²) < 4.78 is 0. The Balaban J connectivity index is 2.25. The molecular weight excluding hydrogens is 254 g/mol. The van der Waals surface area contributed by atoms with Crippen molar-refractivity contribution in [2.24, 2.45) is 0 Å². The fourth-order valence-electron chi connectivity index (χ4n) is 2.91. The van der Waals surface area contributed by atoms with Crippen molar-refractivity contribution < 1.29 is 0 Å². The summed E-state index contributed by atoms with van der Waals surface area (Å²) >= 11 is 0. The highest BCUT2D eigenvalue weighted by Gasteiger charge is 2.12. The molecule has 0 heterocycles. The van der Waals surface area contributed by atoms with Gasteiger partial charge in [-0.3, -0.25) is 0 Å². The van der Waals surface area contributed by atoms with Gasteiger partial charge in [0.05, 0.1) is 0 Å². The van der Waals surface area contributed by atoms with Crippen LogP contribution in [0.4, 0.5) is 0 Å². The summed E-state index contributed by atoms with van der Waals surface area (Å²) in [4.78, 5) is 0. The lowest BCUT2D eigenvalue weighted by molar-refractivity contribution is 0.528. The fraction of sp³-hybridized carbons (Fsp3) is 0.400. The van der Waals surface area contributed by atoms with Crippen LogP contribution in [-0.4, -0.2) is 6.54 Å². The zero-order chi connectivity index (χ0) is 15.2. The van der Waals surface area contributed by atoms with E-state index in [1.54, 1.807) is 0 Å². The quantitative estimate of drug-likeness (QED) is 0.794. The summed E-state index contributed by atoms with van der Waals surface area (Å²) in [6.45, 7) is 9.80. The topological polar surface area (TPSA) is 12.0 Å². The van der Waals surface area contributed by atoms with Crippen molar-refractivity contribution in [1.82, 2.24) is 5.32 Å². The molecule has 0 fully saturated rings. The number of nitrogens with one attached hydrogen (secondary N) is 1. The minimum Gasteiger partial charge on any atom is -0.310 e. The van der Waals surface area contributed by atoms with Crippen molar-refractivity contribution in [2.75, 3.05) is 6.54 Å². The smallest absolute Gasteiger partial charge is 0.0361 e. The average Bonchev–Trinajstić information content (AvgIpc) is 2.42. The van der Waals surface area contributed by atoms with Gasteiger partial charge in [-0.1, -0.05) is 66.1 Å². The zero-order valence-electron chi connectivity index (χ0n) is 13.7. The van der Waals surface area contributed by atoms with E-state index in [9.17, 15) is 0 Å². The van der Waals surface area contributed by atoms with Crippen LogP contribution in [0.15, 0.2) is 42.5 Å². The second-order valence-electron chi connectivity index (χ2n) is 6.12. The minimum absolute atomic E-state index is 0.394. The molecule has 0 saturated carbocycles. The van der Waals surface area contributed by atoms with E-state index in [1.807, 2.05) is 0 Å². The van der Waals surface area contributed by atoms with Gasteiger partial charge in [-0.25, -0.2) is 0 Å². The molecule has 112 valence electrons. The van der Waals surface area contributed by atoms with Gasteiger partial charge in [0.2, 0.25) is 0 Å². The molecule has 0 amide bonds. The van der Waals surface area contributed by atoms with Crippen LogP contribution in [0.25, 0.3) is 0 Å². The van der Waals surface area contributed by atoms with Gasteiger partial charge in [0, 0.05) is 6.04 Å². The molecule has 0 aliphatic carbocycles. The van der Waals surface area contributed by atoms with Gasteiger partial charge in [0.25, 0.3) is 0 Å². The van der Waals surface area contributed by atoms with Gasteiger partial charge in [0.1, 0.15) is 0 Å². The number of hydrogen-bond donors (Lipinski definition) is 1. The van der Waals surface area contributed by atoms with Gasteiger partial charge in [-0.15, -0.1) is 0 Å². The van der Waals surface area contributed by atoms with Crippen LogP contribution >= 0.6 is 0 Å². The van der Waals surface area contributed by atoms with E-state index in [1.165, 1.54) is 27.8 Å². The lowest BCUT2D eigenvalue weighted by Gasteiger charge is -2.20. The van der Waals surface area contributed by atoms with E-state index in [-0.39, 0.29) is 0 Å². The van der Waals surface area contributed by atoms with E-state index in [4.69, 9.17) is 0 Å². The maximum atomic E-state index is 3.71. The minimum atomic E-state index is 0.394. The summed E-state index contributed by atoms with van der Waals surface area (Å²) in [5, 5.41) is 3.71. The SMILES string of the molecule is CCCNC(Cc1cccc(C)c1)c1cc(C)cc(C)c1. The van der Waals surface area contributed by atoms with E-state index in [0.29, 0.717) is 6.04 Å². The molecule has 21 heavy (non-hydrogen) atoms. The van der Waals surface area contributed by atoms with E-state index in [0.717, 1.165) is 19.4 Å². The van der Waals surface area contributed by atoms with Crippen molar-refractivity contribution in [3.8, 4) is 0 Å². The van der Waals surface area contributed by atoms with E-state index in [2.05, 4.69) is 75.5 Å². The molecule has 1 atom stereocenters. The van der Waals surface area contributed by atoms with Crippen LogP contribution in [0.2, 0.25) is 0 Å². The summed E-state index contributed by atoms with van der Waals surface area (Å²) in [6, 6.07) is 16.1. The number of aryl methyl sites for hydroxylation is 3. The molecule has 1 heteroatoms. The Bertz CT molecular complexity index is 566. The highest BCUT2D eigenvalue weighted by molar-refractivity contribution is 5.32. The summed E-state index contributed by atoms with van der Waals surface area (Å²) in [5.74, 6) is 0. The van der Waals surface area contributed by atoms with Crippen LogP contribution in [0.1, 0.15) is 47.2 Å². The first-order valence-electron chi connectivity index (χ1n) is 7.95. The molecule has 2 aromatic rings. The Morgan fingerprint density at radius 2 is 1.62 bits per heavy atom. The Hall–Kier alpha value is -1.60. The molecule has 1 unspecified atom stereocenters. The van der Waals surface area contributed by atoms with E-state index < -0.39 is 0 Å². The standard InChI is InChI=1S/C20H27N/c1-5-9-21-20(14-18-8-6-7-15(2)11-18)19-12-16(3)10-17(4)13-19/h6-8,10-13,20-21H,5,9,14H2,1-4H3. The lowest BCUT2D eigenvalue weighted by atomic mass is 9.95. The molecule has 0 bridgehead atoms. The van der Waals surface area contributed by atoms with Crippen LogP contribution in [-0.2, 0) is 6.42 Å². The van der Waals surface area contributed by atoms with Crippen LogP contribution < -0.4 is 5.32 Å². The van der Waals surface area contributed by atoms with Gasteiger partial charge < -0.3 is 5.32 Å². The predicted molar refractivity (Wildman–Crippen MR) is 91.8 cm³/mol. The maximum Gasteiger partial charge on any atom is 0.0361 e. The fourth-order valence-corrected chi connectivity index (χ4v) is 2.91. The lowest BCUT2D eigenvalue weighted by Crippen LogP contribution is -2.24. The van der Waals surface area contributed by atoms with Crippen molar-refractivity contribution in [3.63, 3.8) is 0 Å². The Morgan fingerprint density at radius 1 is 0.905 bits per heavy atom. The largest absolute Gasteiger partial charge is 0.310 e. The van der Waals surface area contributed by atoms with Crippen LogP contribution in [0, 0.1) is 20.8 Å². The zero-order valence-corrected chi connectivity index (χ0v) is 13.7. The highest BCUT2D eigenvalue weighted by Crippen LogP contribution is 2.21. The molecule has 1 N–H and O–H groups in total. The number of benzene rings is 2. The van der Waals surface area contributed by atoms with Gasteiger partial charge >= 0.3 is 0 Å². The molecule has 0 aliphatic heterocycles. The number of hydrogen-bond acceptors (Lipinski definition) is 1. The Kier molecular flexibility index (Phi) is 5.58. The van der Waals surface area contributed by atoms with Gasteiger partial charge in [-0.05, 0) is 51.3 Å². The maximum absolute atomic E-state index is 3.71. The van der Waals surface area contributed by atoms with Crippen molar-refractivity contribution in [1.29, 1.82) is 0 Å². The molecule has 2 rings (SSSR count). The third-order valence-electron chi connectivity index (χ3n) is 3.81. The van der Waals surface area contributed by atoms with Crippen molar-refractivity contribution in [3.05, 3.63) is 70.3 Å². The van der Waals surface area contributed by atoms with E-state index >= 15 is 0 Å². The Labute approximate surface area is 129 Å². The first-order chi connectivity index (χ1) is 10.1. The molecule has 0 aromatic heterocycles. The molecule has 0 aliphatic rings. The summed E-state index contributed by atoms with van der Waals surface area (Å²) in [5.41, 5.74) is 6.84. The van der Waals surface area contributed by atoms with Crippen molar-refractivity contribution >= 4 is 0 Å². The third-order valence-corrected chi connectivity index (χ3v) is 3.81. The average molecular weight is 281 g/mol. The first kappa shape index (κ1) is 15.8. The number of rotatable bonds is 6. The highest BCUT2D eigenvalue weighted by atomic mass is 14.9. The summed E-state index contributed by atoms with van der Waals surface area (Å²) in [6.07, 6.45) is 2.21. The monoisotopic (exact) mass is 281 g/mol. The van der Waals surface area contributed by atoms with Crippen LogP contribution in [0.3, 0.4) is 0 Å². The second-order valence-corrected chi connectivity index (χ2v) is 6.12.